The van der Waals surface area contributed by atoms with Crippen molar-refractivity contribution >= 4 is 11.9 Å². The Morgan fingerprint density at radius 2 is 2.29 bits per heavy atom. The van der Waals surface area contributed by atoms with Crippen LogP contribution in [0.4, 0.5) is 0 Å². The van der Waals surface area contributed by atoms with Crippen molar-refractivity contribution < 1.29 is 24.0 Å². The van der Waals surface area contributed by atoms with Crippen molar-refractivity contribution in [3.63, 3.8) is 0 Å². The van der Waals surface area contributed by atoms with Crippen molar-refractivity contribution in [1.29, 1.82) is 0 Å². The number of methoxy groups -OCH3 is 1. The number of rotatable bonds is 5. The van der Waals surface area contributed by atoms with Gasteiger partial charge in [-0.2, -0.15) is 0 Å². The highest BCUT2D eigenvalue weighted by Gasteiger charge is 2.34. The molecule has 2 N–H and O–H groups in total. The molecule has 7 heteroatoms. The van der Waals surface area contributed by atoms with Gasteiger partial charge in [0.25, 0.3) is 11.8 Å². The number of amides is 1. The van der Waals surface area contributed by atoms with Gasteiger partial charge in [-0.1, -0.05) is 6.92 Å². The van der Waals surface area contributed by atoms with Gasteiger partial charge in [0.1, 0.15) is 5.54 Å². The number of ether oxygens (including phenoxy) is 1. The third kappa shape index (κ3) is 2.74. The Morgan fingerprint density at radius 3 is 2.71 bits per heavy atom. The average molecular weight is 242 g/mol. The zero-order valence-corrected chi connectivity index (χ0v) is 9.81. The fraction of sp³-hybridized carbons (Fsp3) is 0.500. The van der Waals surface area contributed by atoms with Gasteiger partial charge in [0, 0.05) is 0 Å². The van der Waals surface area contributed by atoms with Crippen molar-refractivity contribution in [3.8, 4) is 5.88 Å². The summed E-state index contributed by atoms with van der Waals surface area (Å²) < 4.78 is 9.46. The number of aromatic nitrogens is 1. The lowest BCUT2D eigenvalue weighted by atomic mass is 9.99. The first-order chi connectivity index (χ1) is 7.92. The number of carbonyl (C=O) groups is 2. The van der Waals surface area contributed by atoms with Crippen LogP contribution in [-0.2, 0) is 4.79 Å². The molecule has 1 heterocycles. The number of carboxylic acid groups (broad SMARTS) is 1. The number of nitrogens with zero attached hydrogens (tertiary/aromatic N) is 1. The first-order valence-electron chi connectivity index (χ1n) is 4.99. The second kappa shape index (κ2) is 4.86. The van der Waals surface area contributed by atoms with Crippen LogP contribution < -0.4 is 10.1 Å². The maximum Gasteiger partial charge on any atom is 0.329 e. The molecule has 0 bridgehead atoms. The topological polar surface area (TPSA) is 102 Å². The molecule has 7 nitrogen and oxygen atoms in total. The minimum Gasteiger partial charge on any atom is -0.480 e. The minimum atomic E-state index is -1.34. The van der Waals surface area contributed by atoms with E-state index in [0.717, 1.165) is 0 Å². The predicted molar refractivity (Wildman–Crippen MR) is 56.9 cm³/mol. The number of hydrogen-bond acceptors (Lipinski definition) is 5. The zero-order chi connectivity index (χ0) is 13.1. The van der Waals surface area contributed by atoms with E-state index in [-0.39, 0.29) is 18.1 Å². The van der Waals surface area contributed by atoms with Gasteiger partial charge in [-0.25, -0.2) is 4.79 Å². The van der Waals surface area contributed by atoms with Crippen molar-refractivity contribution in [3.05, 3.63) is 11.8 Å². The molecule has 1 atom stereocenters. The minimum absolute atomic E-state index is 0.0947. The van der Waals surface area contributed by atoms with Crippen LogP contribution in [0.25, 0.3) is 0 Å². The monoisotopic (exact) mass is 242 g/mol. The van der Waals surface area contributed by atoms with E-state index >= 15 is 0 Å². The molecular weight excluding hydrogens is 228 g/mol. The molecule has 1 rings (SSSR count). The van der Waals surface area contributed by atoms with Crippen molar-refractivity contribution in [2.45, 2.75) is 25.8 Å². The van der Waals surface area contributed by atoms with Crippen LogP contribution in [0.2, 0.25) is 0 Å². The van der Waals surface area contributed by atoms with Crippen LogP contribution in [0.3, 0.4) is 0 Å². The van der Waals surface area contributed by atoms with Crippen molar-refractivity contribution in [2.75, 3.05) is 7.11 Å². The molecule has 1 aromatic rings. The SMILES string of the molecule is CCC(C)(NC(=O)c1cc(OC)no1)C(=O)O. The fourth-order valence-electron chi connectivity index (χ4n) is 1.07. The molecule has 0 saturated heterocycles. The van der Waals surface area contributed by atoms with E-state index < -0.39 is 17.4 Å². The molecular formula is C10H14N2O5. The Kier molecular flexibility index (Phi) is 3.72. The van der Waals surface area contributed by atoms with Crippen LogP contribution in [0, 0.1) is 0 Å². The highest BCUT2D eigenvalue weighted by molar-refractivity contribution is 5.95. The molecule has 0 aliphatic heterocycles. The Balaban J connectivity index is 2.81. The van der Waals surface area contributed by atoms with E-state index in [0.29, 0.717) is 0 Å². The summed E-state index contributed by atoms with van der Waals surface area (Å²) in [6.07, 6.45) is 0.249. The third-order valence-electron chi connectivity index (χ3n) is 2.49. The molecule has 0 saturated carbocycles. The molecule has 0 spiro atoms. The Hall–Kier alpha value is -2.05. The summed E-state index contributed by atoms with van der Waals surface area (Å²) in [7, 11) is 1.38. The molecule has 0 aliphatic rings. The van der Waals surface area contributed by atoms with Crippen molar-refractivity contribution in [2.24, 2.45) is 0 Å². The van der Waals surface area contributed by atoms with Gasteiger partial charge in [0.2, 0.25) is 5.76 Å². The summed E-state index contributed by atoms with van der Waals surface area (Å²) in [4.78, 5) is 22.7. The average Bonchev–Trinajstić information content (AvgIpc) is 2.77. The summed E-state index contributed by atoms with van der Waals surface area (Å²) >= 11 is 0. The number of carbonyl (C=O) groups excluding carboxylic acids is 1. The maximum absolute atomic E-state index is 11.7. The molecule has 17 heavy (non-hydrogen) atoms. The van der Waals surface area contributed by atoms with Crippen LogP contribution >= 0.6 is 0 Å². The molecule has 0 aromatic carbocycles. The molecule has 0 radical (unpaired) electrons. The normalized spacial score (nSPS) is 13.8. The molecule has 1 aromatic heterocycles. The van der Waals surface area contributed by atoms with Gasteiger partial charge in [0.05, 0.1) is 13.2 Å². The highest BCUT2D eigenvalue weighted by Crippen LogP contribution is 2.14. The standard InChI is InChI=1S/C10H14N2O5/c1-4-10(2,9(14)15)11-8(13)6-5-7(16-3)12-17-6/h5H,4H2,1-3H3,(H,11,13)(H,14,15). The van der Waals surface area contributed by atoms with E-state index in [1.165, 1.54) is 20.1 Å². The number of aliphatic carboxylic acids is 1. The van der Waals surface area contributed by atoms with E-state index in [2.05, 4.69) is 10.5 Å². The lowest BCUT2D eigenvalue weighted by Gasteiger charge is -2.23. The lowest BCUT2D eigenvalue weighted by molar-refractivity contribution is -0.143. The van der Waals surface area contributed by atoms with Crippen molar-refractivity contribution in [1.82, 2.24) is 10.5 Å². The quantitative estimate of drug-likeness (QED) is 0.786. The first kappa shape index (κ1) is 13.0. The van der Waals surface area contributed by atoms with E-state index in [1.807, 2.05) is 0 Å². The largest absolute Gasteiger partial charge is 0.480 e. The second-order valence-electron chi connectivity index (χ2n) is 3.68. The summed E-state index contributed by atoms with van der Waals surface area (Å²) in [6.45, 7) is 3.08. The number of nitrogens with one attached hydrogen (secondary N) is 1. The van der Waals surface area contributed by atoms with Gasteiger partial charge in [0.15, 0.2) is 0 Å². The van der Waals surface area contributed by atoms with Gasteiger partial charge in [-0.3, -0.25) is 4.79 Å². The van der Waals surface area contributed by atoms with Gasteiger partial charge in [-0.15, -0.1) is 0 Å². The van der Waals surface area contributed by atoms with Gasteiger partial charge in [-0.05, 0) is 18.5 Å². The van der Waals surface area contributed by atoms with Gasteiger partial charge >= 0.3 is 5.97 Å². The van der Waals surface area contributed by atoms with Gasteiger partial charge < -0.3 is 19.7 Å². The van der Waals surface area contributed by atoms with Crippen LogP contribution in [0.5, 0.6) is 5.88 Å². The van der Waals surface area contributed by atoms with Crippen LogP contribution in [0.15, 0.2) is 10.6 Å². The summed E-state index contributed by atoms with van der Waals surface area (Å²) in [5, 5.41) is 14.8. The van der Waals surface area contributed by atoms with Crippen LogP contribution in [0.1, 0.15) is 30.8 Å². The Bertz CT molecular complexity index is 428. The smallest absolute Gasteiger partial charge is 0.329 e. The first-order valence-corrected chi connectivity index (χ1v) is 4.99. The molecule has 94 valence electrons. The van der Waals surface area contributed by atoms with E-state index in [1.54, 1.807) is 6.92 Å². The maximum atomic E-state index is 11.7. The summed E-state index contributed by atoms with van der Waals surface area (Å²) in [5.41, 5.74) is -1.34. The highest BCUT2D eigenvalue weighted by atomic mass is 16.5. The van der Waals surface area contributed by atoms with E-state index in [4.69, 9.17) is 14.4 Å². The molecule has 0 aliphatic carbocycles. The molecule has 1 amide bonds. The number of hydrogen-bond donors (Lipinski definition) is 2. The fourth-order valence-corrected chi connectivity index (χ4v) is 1.07. The Morgan fingerprint density at radius 1 is 1.65 bits per heavy atom. The number of carboxylic acids is 1. The predicted octanol–water partition coefficient (Wildman–Crippen LogP) is 0.666. The summed E-state index contributed by atoms with van der Waals surface area (Å²) in [6, 6.07) is 1.28. The zero-order valence-electron chi connectivity index (χ0n) is 9.81. The molecule has 0 fully saturated rings. The third-order valence-corrected chi connectivity index (χ3v) is 2.49. The summed E-state index contributed by atoms with van der Waals surface area (Å²) in [5.74, 6) is -1.70. The molecule has 1 unspecified atom stereocenters. The lowest BCUT2D eigenvalue weighted by Crippen LogP contribution is -2.51. The second-order valence-corrected chi connectivity index (χ2v) is 3.68. The van der Waals surface area contributed by atoms with Crippen LogP contribution in [-0.4, -0.2) is 34.8 Å². The van der Waals surface area contributed by atoms with E-state index in [9.17, 15) is 9.59 Å². The Labute approximate surface area is 97.7 Å².